The van der Waals surface area contributed by atoms with Gasteiger partial charge in [0.25, 0.3) is 0 Å². The van der Waals surface area contributed by atoms with Crippen LogP contribution in [0.4, 0.5) is 5.95 Å². The molecule has 0 saturated carbocycles. The molecule has 6 rings (SSSR count). The molecule has 1 fully saturated rings. The number of hydrogen-bond acceptors (Lipinski definition) is 8. The molecule has 1 saturated heterocycles. The molecule has 1 aliphatic heterocycles. The SMILES string of the molecule is CS(=O)(=O)c1cccc(C2CN(c3ncc4ccsc4n3)CC(c3cccc4[nH]ncc34)O2)c1. The third-order valence-corrected chi connectivity index (χ3v) is 8.03. The lowest BCUT2D eigenvalue weighted by Crippen LogP contribution is -2.41. The van der Waals surface area contributed by atoms with Crippen molar-refractivity contribution in [2.45, 2.75) is 17.1 Å². The minimum Gasteiger partial charge on any atom is -0.362 e. The third-order valence-electron chi connectivity index (χ3n) is 6.10. The van der Waals surface area contributed by atoms with E-state index in [-0.39, 0.29) is 17.1 Å². The van der Waals surface area contributed by atoms with Crippen molar-refractivity contribution >= 4 is 48.2 Å². The number of aromatic amines is 1. The van der Waals surface area contributed by atoms with Crippen LogP contribution in [0.3, 0.4) is 0 Å². The number of ether oxygens (including phenoxy) is 1. The molecule has 0 spiro atoms. The first-order chi connectivity index (χ1) is 16.5. The van der Waals surface area contributed by atoms with Crippen molar-refractivity contribution in [1.29, 1.82) is 0 Å². The fourth-order valence-electron chi connectivity index (χ4n) is 4.39. The molecule has 34 heavy (non-hydrogen) atoms. The fraction of sp³-hybridized carbons (Fsp3) is 0.208. The lowest BCUT2D eigenvalue weighted by molar-refractivity contribution is -0.0291. The molecule has 0 bridgehead atoms. The second kappa shape index (κ2) is 8.15. The molecule has 5 aromatic rings. The fourth-order valence-corrected chi connectivity index (χ4v) is 5.81. The Morgan fingerprint density at radius 1 is 1.09 bits per heavy atom. The molecule has 2 atom stereocenters. The molecule has 0 aliphatic carbocycles. The Kier molecular flexibility index (Phi) is 5.09. The Bertz CT molecular complexity index is 1610. The van der Waals surface area contributed by atoms with E-state index < -0.39 is 9.84 Å². The van der Waals surface area contributed by atoms with E-state index in [9.17, 15) is 8.42 Å². The number of H-pyrrole nitrogens is 1. The van der Waals surface area contributed by atoms with Crippen molar-refractivity contribution in [2.75, 3.05) is 24.2 Å². The smallest absolute Gasteiger partial charge is 0.226 e. The topological polar surface area (TPSA) is 101 Å². The number of sulfone groups is 1. The molecule has 8 nitrogen and oxygen atoms in total. The zero-order chi connectivity index (χ0) is 23.3. The summed E-state index contributed by atoms with van der Waals surface area (Å²) in [6.45, 7) is 1.06. The highest BCUT2D eigenvalue weighted by Crippen LogP contribution is 2.37. The number of rotatable bonds is 4. The van der Waals surface area contributed by atoms with Crippen molar-refractivity contribution in [3.05, 3.63) is 77.4 Å². The van der Waals surface area contributed by atoms with E-state index in [0.29, 0.717) is 19.0 Å². The summed E-state index contributed by atoms with van der Waals surface area (Å²) in [5.41, 5.74) is 2.75. The van der Waals surface area contributed by atoms with Gasteiger partial charge in [-0.1, -0.05) is 24.3 Å². The number of nitrogens with zero attached hydrogens (tertiary/aromatic N) is 4. The Morgan fingerprint density at radius 3 is 2.82 bits per heavy atom. The van der Waals surface area contributed by atoms with Crippen LogP contribution >= 0.6 is 11.3 Å². The second-order valence-electron chi connectivity index (χ2n) is 8.39. The molecule has 4 heterocycles. The molecule has 2 aromatic carbocycles. The molecule has 0 radical (unpaired) electrons. The lowest BCUT2D eigenvalue weighted by Gasteiger charge is -2.38. The molecule has 10 heteroatoms. The van der Waals surface area contributed by atoms with Gasteiger partial charge in [-0.2, -0.15) is 5.10 Å². The normalized spacial score (nSPS) is 19.1. The molecular weight excluding hydrogens is 470 g/mol. The highest BCUT2D eigenvalue weighted by Gasteiger charge is 2.33. The Hall–Kier alpha value is -3.34. The maximum Gasteiger partial charge on any atom is 0.226 e. The molecule has 2 unspecified atom stereocenters. The predicted molar refractivity (Wildman–Crippen MR) is 132 cm³/mol. The van der Waals surface area contributed by atoms with Gasteiger partial charge in [0, 0.05) is 23.2 Å². The van der Waals surface area contributed by atoms with Crippen LogP contribution in [-0.2, 0) is 14.6 Å². The number of morpholine rings is 1. The summed E-state index contributed by atoms with van der Waals surface area (Å²) in [6.07, 6.45) is 4.21. The zero-order valence-electron chi connectivity index (χ0n) is 18.2. The number of anilines is 1. The van der Waals surface area contributed by atoms with Crippen LogP contribution in [0, 0.1) is 0 Å². The maximum absolute atomic E-state index is 12.2. The molecule has 172 valence electrons. The Labute approximate surface area is 200 Å². The first-order valence-corrected chi connectivity index (χ1v) is 13.6. The van der Waals surface area contributed by atoms with Crippen LogP contribution in [0.2, 0.25) is 0 Å². The Morgan fingerprint density at radius 2 is 1.94 bits per heavy atom. The minimum atomic E-state index is -3.34. The molecule has 1 aliphatic rings. The summed E-state index contributed by atoms with van der Waals surface area (Å²) in [7, 11) is -3.34. The van der Waals surface area contributed by atoms with Crippen LogP contribution < -0.4 is 4.90 Å². The number of hydrogen-bond donors (Lipinski definition) is 1. The standard InChI is InChI=1S/C24H21N5O3S2/c1-34(30,31)17-5-2-4-15(10-17)21-13-29(24-25-11-16-8-9-33-23(16)27-24)14-22(32-21)18-6-3-7-20-19(18)12-26-28-20/h2-12,21-22H,13-14H2,1H3,(H,26,28). The highest BCUT2D eigenvalue weighted by atomic mass is 32.2. The van der Waals surface area contributed by atoms with E-state index >= 15 is 0 Å². The summed E-state index contributed by atoms with van der Waals surface area (Å²) in [4.78, 5) is 12.7. The van der Waals surface area contributed by atoms with Gasteiger partial charge in [-0.25, -0.2) is 18.4 Å². The summed E-state index contributed by atoms with van der Waals surface area (Å²) < 4.78 is 30.9. The van der Waals surface area contributed by atoms with Gasteiger partial charge in [0.2, 0.25) is 5.95 Å². The minimum absolute atomic E-state index is 0.274. The van der Waals surface area contributed by atoms with Gasteiger partial charge in [-0.05, 0) is 40.8 Å². The van der Waals surface area contributed by atoms with E-state index in [1.165, 1.54) is 6.26 Å². The van der Waals surface area contributed by atoms with Crippen LogP contribution in [0.15, 0.2) is 71.2 Å². The van der Waals surface area contributed by atoms with E-state index in [1.807, 2.05) is 41.9 Å². The van der Waals surface area contributed by atoms with Crippen LogP contribution in [-0.4, -0.2) is 47.9 Å². The van der Waals surface area contributed by atoms with Crippen LogP contribution in [0.25, 0.3) is 21.1 Å². The van der Waals surface area contributed by atoms with Gasteiger partial charge in [0.1, 0.15) is 17.0 Å². The van der Waals surface area contributed by atoms with E-state index in [2.05, 4.69) is 20.1 Å². The van der Waals surface area contributed by atoms with Gasteiger partial charge in [0.05, 0.1) is 29.7 Å². The quantitative estimate of drug-likeness (QED) is 0.400. The average Bonchev–Trinajstić information content (AvgIpc) is 3.52. The summed E-state index contributed by atoms with van der Waals surface area (Å²) >= 11 is 1.58. The van der Waals surface area contributed by atoms with Gasteiger partial charge in [-0.3, -0.25) is 5.10 Å². The van der Waals surface area contributed by atoms with E-state index in [0.717, 1.165) is 32.2 Å². The van der Waals surface area contributed by atoms with Gasteiger partial charge < -0.3 is 9.64 Å². The first kappa shape index (κ1) is 21.2. The van der Waals surface area contributed by atoms with Crippen molar-refractivity contribution in [2.24, 2.45) is 0 Å². The molecular formula is C24H21N5O3S2. The van der Waals surface area contributed by atoms with Crippen molar-refractivity contribution in [1.82, 2.24) is 20.2 Å². The number of thiophene rings is 1. The summed E-state index contributed by atoms with van der Waals surface area (Å²) in [5, 5.41) is 11.2. The molecule has 0 amide bonds. The van der Waals surface area contributed by atoms with Gasteiger partial charge >= 0.3 is 0 Å². The largest absolute Gasteiger partial charge is 0.362 e. The summed E-state index contributed by atoms with van der Waals surface area (Å²) in [6, 6.07) is 15.0. The Balaban J connectivity index is 1.43. The van der Waals surface area contributed by atoms with E-state index in [4.69, 9.17) is 9.72 Å². The second-order valence-corrected chi connectivity index (χ2v) is 11.3. The first-order valence-electron chi connectivity index (χ1n) is 10.8. The third kappa shape index (κ3) is 3.83. The average molecular weight is 492 g/mol. The van der Waals surface area contributed by atoms with Gasteiger partial charge in [-0.15, -0.1) is 11.3 Å². The number of aromatic nitrogens is 4. The van der Waals surface area contributed by atoms with Crippen molar-refractivity contribution in [3.8, 4) is 0 Å². The van der Waals surface area contributed by atoms with Crippen LogP contribution in [0.5, 0.6) is 0 Å². The maximum atomic E-state index is 12.2. The number of benzene rings is 2. The molecule has 1 N–H and O–H groups in total. The monoisotopic (exact) mass is 491 g/mol. The number of nitrogens with one attached hydrogen (secondary N) is 1. The predicted octanol–water partition coefficient (Wildman–Crippen LogP) is 4.29. The summed E-state index contributed by atoms with van der Waals surface area (Å²) in [5.74, 6) is 0.631. The van der Waals surface area contributed by atoms with E-state index in [1.54, 1.807) is 35.7 Å². The van der Waals surface area contributed by atoms with Gasteiger partial charge in [0.15, 0.2) is 9.84 Å². The zero-order valence-corrected chi connectivity index (χ0v) is 19.9. The van der Waals surface area contributed by atoms with Crippen LogP contribution in [0.1, 0.15) is 23.3 Å². The van der Waals surface area contributed by atoms with Crippen molar-refractivity contribution < 1.29 is 13.2 Å². The molecule has 3 aromatic heterocycles. The van der Waals surface area contributed by atoms with Crippen molar-refractivity contribution in [3.63, 3.8) is 0 Å². The lowest BCUT2D eigenvalue weighted by atomic mass is 10.0. The highest BCUT2D eigenvalue weighted by molar-refractivity contribution is 7.90. The number of fused-ring (bicyclic) bond motifs is 2.